The number of Topliss-reactive ketones (excluding diaryl/α,β-unsaturated/α-hetero) is 1. The summed E-state index contributed by atoms with van der Waals surface area (Å²) < 4.78 is 0. The lowest BCUT2D eigenvalue weighted by molar-refractivity contribution is -0.116. The number of ketones is 1. The number of anilines is 1. The van der Waals surface area contributed by atoms with E-state index in [0.717, 1.165) is 19.3 Å². The van der Waals surface area contributed by atoms with E-state index in [1.807, 2.05) is 0 Å². The maximum absolute atomic E-state index is 11.5. The minimum atomic E-state index is -0.0790. The molecular weight excluding hydrogens is 236 g/mol. The van der Waals surface area contributed by atoms with Crippen LogP contribution < -0.4 is 5.32 Å². The Labute approximate surface area is 105 Å². The Hall–Kier alpha value is -1.23. The van der Waals surface area contributed by atoms with Crippen LogP contribution in [0.15, 0.2) is 5.38 Å². The Morgan fingerprint density at radius 3 is 2.71 bits per heavy atom. The molecule has 0 aliphatic rings. The van der Waals surface area contributed by atoms with Gasteiger partial charge in [-0.2, -0.15) is 0 Å². The van der Waals surface area contributed by atoms with Gasteiger partial charge in [0.25, 0.3) is 0 Å². The highest BCUT2D eigenvalue weighted by atomic mass is 32.1. The smallest absolute Gasteiger partial charge is 0.226 e. The van der Waals surface area contributed by atoms with Crippen LogP contribution in [0, 0.1) is 0 Å². The zero-order valence-corrected chi connectivity index (χ0v) is 11.1. The van der Waals surface area contributed by atoms with Crippen LogP contribution in [-0.4, -0.2) is 16.7 Å². The van der Waals surface area contributed by atoms with E-state index in [9.17, 15) is 9.59 Å². The largest absolute Gasteiger partial charge is 0.302 e. The molecule has 0 radical (unpaired) electrons. The molecule has 1 N–H and O–H groups in total. The van der Waals surface area contributed by atoms with Crippen molar-refractivity contribution < 1.29 is 9.59 Å². The van der Waals surface area contributed by atoms with Gasteiger partial charge in [0.1, 0.15) is 5.69 Å². The minimum Gasteiger partial charge on any atom is -0.302 e. The molecule has 0 atom stereocenters. The fourth-order valence-corrected chi connectivity index (χ4v) is 2.15. The molecule has 5 heteroatoms. The summed E-state index contributed by atoms with van der Waals surface area (Å²) in [6, 6.07) is 0. The monoisotopic (exact) mass is 254 g/mol. The lowest BCUT2D eigenvalue weighted by Crippen LogP contribution is -2.11. The van der Waals surface area contributed by atoms with Crippen molar-refractivity contribution in [2.75, 3.05) is 5.32 Å². The molecule has 1 aromatic heterocycles. The normalized spacial score (nSPS) is 10.2. The molecule has 1 amide bonds. The van der Waals surface area contributed by atoms with Gasteiger partial charge in [0.15, 0.2) is 10.9 Å². The van der Waals surface area contributed by atoms with Crippen LogP contribution in [-0.2, 0) is 4.79 Å². The van der Waals surface area contributed by atoms with E-state index in [2.05, 4.69) is 17.2 Å². The van der Waals surface area contributed by atoms with Gasteiger partial charge in [-0.3, -0.25) is 9.59 Å². The number of aromatic nitrogens is 1. The molecule has 0 aliphatic heterocycles. The van der Waals surface area contributed by atoms with Crippen molar-refractivity contribution >= 4 is 28.2 Å². The summed E-state index contributed by atoms with van der Waals surface area (Å²) >= 11 is 1.29. The minimum absolute atomic E-state index is 0.0226. The Morgan fingerprint density at radius 1 is 1.35 bits per heavy atom. The average Bonchev–Trinajstić information content (AvgIpc) is 2.73. The van der Waals surface area contributed by atoms with E-state index in [1.54, 1.807) is 5.38 Å². The first-order valence-electron chi connectivity index (χ1n) is 5.89. The fraction of sp³-hybridized carbons (Fsp3) is 0.583. The number of nitrogens with zero attached hydrogens (tertiary/aromatic N) is 1. The Morgan fingerprint density at radius 2 is 2.12 bits per heavy atom. The molecule has 17 heavy (non-hydrogen) atoms. The lowest BCUT2D eigenvalue weighted by Gasteiger charge is -2.00. The highest BCUT2D eigenvalue weighted by molar-refractivity contribution is 7.14. The molecule has 0 fully saturated rings. The van der Waals surface area contributed by atoms with Gasteiger partial charge in [0, 0.05) is 18.7 Å². The summed E-state index contributed by atoms with van der Waals surface area (Å²) in [5.74, 6) is -0.102. The molecular formula is C12H18N2O2S. The predicted octanol–water partition coefficient (Wildman–Crippen LogP) is 3.25. The van der Waals surface area contributed by atoms with Crippen LogP contribution in [0.5, 0.6) is 0 Å². The Bertz CT molecular complexity index is 388. The van der Waals surface area contributed by atoms with Crippen LogP contribution in [0.3, 0.4) is 0 Å². The number of unbranched alkanes of at least 4 members (excludes halogenated alkanes) is 3. The number of carbonyl (C=O) groups excluding carboxylic acids is 2. The molecule has 1 heterocycles. The van der Waals surface area contributed by atoms with Crippen LogP contribution in [0.2, 0.25) is 0 Å². The number of nitrogens with one attached hydrogen (secondary N) is 1. The predicted molar refractivity (Wildman–Crippen MR) is 69.5 cm³/mol. The van der Waals surface area contributed by atoms with Crippen LogP contribution in [0.1, 0.15) is 56.4 Å². The van der Waals surface area contributed by atoms with Crippen molar-refractivity contribution in [2.45, 2.75) is 46.0 Å². The molecule has 0 saturated heterocycles. The molecule has 1 aromatic rings. The second kappa shape index (κ2) is 7.17. The van der Waals surface area contributed by atoms with Gasteiger partial charge in [-0.05, 0) is 6.42 Å². The topological polar surface area (TPSA) is 59.1 Å². The van der Waals surface area contributed by atoms with Crippen molar-refractivity contribution in [2.24, 2.45) is 0 Å². The first-order chi connectivity index (χ1) is 8.13. The van der Waals surface area contributed by atoms with Crippen LogP contribution in [0.4, 0.5) is 5.13 Å². The van der Waals surface area contributed by atoms with Gasteiger partial charge >= 0.3 is 0 Å². The molecule has 0 bridgehead atoms. The summed E-state index contributed by atoms with van der Waals surface area (Å²) in [5.41, 5.74) is 0.413. The fourth-order valence-electron chi connectivity index (χ4n) is 1.39. The van der Waals surface area contributed by atoms with E-state index in [4.69, 9.17) is 0 Å². The molecule has 4 nitrogen and oxygen atoms in total. The van der Waals surface area contributed by atoms with Crippen molar-refractivity contribution in [1.29, 1.82) is 0 Å². The van der Waals surface area contributed by atoms with Crippen molar-refractivity contribution in [3.63, 3.8) is 0 Å². The van der Waals surface area contributed by atoms with E-state index >= 15 is 0 Å². The van der Waals surface area contributed by atoms with Gasteiger partial charge < -0.3 is 5.32 Å². The van der Waals surface area contributed by atoms with Crippen LogP contribution in [0.25, 0.3) is 0 Å². The quantitative estimate of drug-likeness (QED) is 0.600. The standard InChI is InChI=1S/C12H18N2O2S/c1-3-4-5-6-7-11(16)14-12-13-10(8-17-12)9(2)15/h8H,3-7H2,1-2H3,(H,13,14,16). The molecule has 0 unspecified atom stereocenters. The van der Waals surface area contributed by atoms with Crippen molar-refractivity contribution in [3.05, 3.63) is 11.1 Å². The third-order valence-electron chi connectivity index (χ3n) is 2.37. The second-order valence-corrected chi connectivity index (χ2v) is 4.81. The zero-order valence-electron chi connectivity index (χ0n) is 10.3. The summed E-state index contributed by atoms with van der Waals surface area (Å²) in [7, 11) is 0. The average molecular weight is 254 g/mol. The Kier molecular flexibility index (Phi) is 5.83. The summed E-state index contributed by atoms with van der Waals surface area (Å²) in [4.78, 5) is 26.6. The molecule has 0 aromatic carbocycles. The van der Waals surface area contributed by atoms with Gasteiger partial charge in [-0.15, -0.1) is 11.3 Å². The van der Waals surface area contributed by atoms with E-state index in [1.165, 1.54) is 24.7 Å². The van der Waals surface area contributed by atoms with E-state index in [-0.39, 0.29) is 11.7 Å². The summed E-state index contributed by atoms with van der Waals surface area (Å²) in [6.07, 6.45) is 4.84. The first kappa shape index (κ1) is 13.8. The number of hydrogen-bond acceptors (Lipinski definition) is 4. The van der Waals surface area contributed by atoms with Gasteiger partial charge in [0.2, 0.25) is 5.91 Å². The maximum atomic E-state index is 11.5. The zero-order chi connectivity index (χ0) is 12.7. The number of hydrogen-bond donors (Lipinski definition) is 1. The van der Waals surface area contributed by atoms with Crippen LogP contribution >= 0.6 is 11.3 Å². The van der Waals surface area contributed by atoms with Gasteiger partial charge in [-0.1, -0.05) is 26.2 Å². The summed E-state index contributed by atoms with van der Waals surface area (Å²) in [5, 5.41) is 4.88. The number of thiazole rings is 1. The molecule has 94 valence electrons. The summed E-state index contributed by atoms with van der Waals surface area (Å²) in [6.45, 7) is 3.60. The second-order valence-electron chi connectivity index (χ2n) is 3.95. The Balaban J connectivity index is 2.32. The maximum Gasteiger partial charge on any atom is 0.226 e. The lowest BCUT2D eigenvalue weighted by atomic mass is 10.1. The SMILES string of the molecule is CCCCCCC(=O)Nc1nc(C(C)=O)cs1. The van der Waals surface area contributed by atoms with Crippen molar-refractivity contribution in [3.8, 4) is 0 Å². The molecule has 0 saturated carbocycles. The van der Waals surface area contributed by atoms with Crippen molar-refractivity contribution in [1.82, 2.24) is 4.98 Å². The number of carbonyl (C=O) groups is 2. The molecule has 0 spiro atoms. The highest BCUT2D eigenvalue weighted by Gasteiger charge is 2.08. The van der Waals surface area contributed by atoms with E-state index < -0.39 is 0 Å². The first-order valence-corrected chi connectivity index (χ1v) is 6.77. The van der Waals surface area contributed by atoms with Gasteiger partial charge in [0.05, 0.1) is 0 Å². The molecule has 0 aliphatic carbocycles. The number of amides is 1. The van der Waals surface area contributed by atoms with E-state index in [0.29, 0.717) is 17.2 Å². The highest BCUT2D eigenvalue weighted by Crippen LogP contribution is 2.16. The van der Waals surface area contributed by atoms with Gasteiger partial charge in [-0.25, -0.2) is 4.98 Å². The molecule has 1 rings (SSSR count). The third-order valence-corrected chi connectivity index (χ3v) is 3.13. The third kappa shape index (κ3) is 5.08. The number of rotatable bonds is 7.